The molecule has 1 aromatic carbocycles. The van der Waals surface area contributed by atoms with Gasteiger partial charge < -0.3 is 9.47 Å². The summed E-state index contributed by atoms with van der Waals surface area (Å²) in [5.41, 5.74) is 2.32. The van der Waals surface area contributed by atoms with E-state index in [1.807, 2.05) is 0 Å². The molecule has 0 aliphatic carbocycles. The highest BCUT2D eigenvalue weighted by atomic mass is 79.9. The van der Waals surface area contributed by atoms with Crippen LogP contribution in [0.15, 0.2) is 22.7 Å². The van der Waals surface area contributed by atoms with Crippen LogP contribution in [0.2, 0.25) is 0 Å². The minimum Gasteiger partial charge on any atom is -0.343 e. The Morgan fingerprint density at radius 1 is 1.33 bits per heavy atom. The molecule has 0 bridgehead atoms. The number of hydrogen-bond donors (Lipinski definition) is 0. The van der Waals surface area contributed by atoms with Crippen molar-refractivity contribution in [2.75, 3.05) is 13.2 Å². The molecule has 1 fully saturated rings. The Balaban J connectivity index is 2.42. The van der Waals surface area contributed by atoms with E-state index in [4.69, 9.17) is 9.47 Å². The van der Waals surface area contributed by atoms with Gasteiger partial charge in [-0.1, -0.05) is 35.0 Å². The molecule has 0 unspecified atom stereocenters. The number of halogens is 1. The normalized spacial score (nSPS) is 19.4. The third-order valence-corrected chi connectivity index (χ3v) is 3.41. The minimum atomic E-state index is -0.535. The average Bonchev–Trinajstić information content (AvgIpc) is 2.67. The van der Waals surface area contributed by atoms with E-state index in [1.165, 1.54) is 5.56 Å². The zero-order valence-electron chi connectivity index (χ0n) is 9.05. The van der Waals surface area contributed by atoms with Crippen molar-refractivity contribution in [2.45, 2.75) is 26.1 Å². The van der Waals surface area contributed by atoms with Crippen molar-refractivity contribution in [3.05, 3.63) is 33.8 Å². The van der Waals surface area contributed by atoms with Gasteiger partial charge in [0.2, 0.25) is 0 Å². The Labute approximate surface area is 98.7 Å². The molecule has 2 nitrogen and oxygen atoms in total. The maximum atomic E-state index is 5.74. The Bertz CT molecular complexity index is 357. The third-order valence-electron chi connectivity index (χ3n) is 2.75. The van der Waals surface area contributed by atoms with Crippen molar-refractivity contribution in [1.82, 2.24) is 0 Å². The largest absolute Gasteiger partial charge is 0.343 e. The number of ether oxygens (including phenoxy) is 2. The van der Waals surface area contributed by atoms with Gasteiger partial charge in [-0.3, -0.25) is 0 Å². The predicted octanol–water partition coefficient (Wildman–Crippen LogP) is 3.37. The Hall–Kier alpha value is -0.380. The molecule has 82 valence electrons. The van der Waals surface area contributed by atoms with E-state index in [0.717, 1.165) is 16.5 Å². The van der Waals surface area contributed by atoms with Gasteiger partial charge in [-0.2, -0.15) is 0 Å². The molecule has 1 aliphatic heterocycles. The summed E-state index contributed by atoms with van der Waals surface area (Å²) < 4.78 is 12.5. The van der Waals surface area contributed by atoms with E-state index in [1.54, 1.807) is 0 Å². The highest BCUT2D eigenvalue weighted by Gasteiger charge is 2.38. The number of hydrogen-bond acceptors (Lipinski definition) is 2. The van der Waals surface area contributed by atoms with Gasteiger partial charge in [0, 0.05) is 16.5 Å². The van der Waals surface area contributed by atoms with E-state index < -0.39 is 5.79 Å². The van der Waals surface area contributed by atoms with Gasteiger partial charge in [0.15, 0.2) is 5.79 Å². The number of aryl methyl sites for hydroxylation is 1. The van der Waals surface area contributed by atoms with Gasteiger partial charge in [0.05, 0.1) is 13.2 Å². The lowest BCUT2D eigenvalue weighted by Gasteiger charge is -2.27. The third kappa shape index (κ3) is 1.96. The second-order valence-corrected chi connectivity index (χ2v) is 4.64. The molecule has 0 radical (unpaired) electrons. The van der Waals surface area contributed by atoms with Crippen molar-refractivity contribution in [3.63, 3.8) is 0 Å². The second kappa shape index (κ2) is 4.24. The SMILES string of the molecule is CCC1(c2ccc(C)cc2Br)OCCO1. The molecule has 1 saturated heterocycles. The Kier molecular flexibility index (Phi) is 3.14. The van der Waals surface area contributed by atoms with E-state index in [2.05, 4.69) is 48.0 Å². The van der Waals surface area contributed by atoms with Crippen LogP contribution in [0.1, 0.15) is 24.5 Å². The lowest BCUT2D eigenvalue weighted by atomic mass is 10.0. The minimum absolute atomic E-state index is 0.535. The van der Waals surface area contributed by atoms with Crippen molar-refractivity contribution in [3.8, 4) is 0 Å². The Morgan fingerprint density at radius 3 is 2.53 bits per heavy atom. The van der Waals surface area contributed by atoms with E-state index in [-0.39, 0.29) is 0 Å². The second-order valence-electron chi connectivity index (χ2n) is 3.79. The topological polar surface area (TPSA) is 18.5 Å². The molecule has 0 atom stereocenters. The summed E-state index contributed by atoms with van der Waals surface area (Å²) in [6, 6.07) is 6.26. The summed E-state index contributed by atoms with van der Waals surface area (Å²) in [7, 11) is 0. The quantitative estimate of drug-likeness (QED) is 0.821. The molecule has 1 heterocycles. The predicted molar refractivity (Wildman–Crippen MR) is 62.8 cm³/mol. The van der Waals surface area contributed by atoms with Gasteiger partial charge in [-0.25, -0.2) is 0 Å². The smallest absolute Gasteiger partial charge is 0.195 e. The fourth-order valence-corrected chi connectivity index (χ4v) is 2.73. The van der Waals surface area contributed by atoms with Crippen LogP contribution in [0, 0.1) is 6.92 Å². The molecule has 1 aliphatic rings. The molecule has 1 aromatic rings. The molecule has 0 spiro atoms. The molecule has 2 rings (SSSR count). The van der Waals surface area contributed by atoms with Crippen molar-refractivity contribution in [2.24, 2.45) is 0 Å². The maximum absolute atomic E-state index is 5.74. The first kappa shape index (κ1) is 11.1. The standard InChI is InChI=1S/C12H15BrO2/c1-3-12(14-6-7-15-12)10-5-4-9(2)8-11(10)13/h4-5,8H,3,6-7H2,1-2H3. The highest BCUT2D eigenvalue weighted by molar-refractivity contribution is 9.10. The first-order valence-corrected chi connectivity index (χ1v) is 6.02. The molecule has 0 amide bonds. The van der Waals surface area contributed by atoms with Gasteiger partial charge >= 0.3 is 0 Å². The molecule has 15 heavy (non-hydrogen) atoms. The number of benzene rings is 1. The fourth-order valence-electron chi connectivity index (χ4n) is 1.93. The van der Waals surface area contributed by atoms with Gasteiger partial charge in [-0.15, -0.1) is 0 Å². The van der Waals surface area contributed by atoms with Crippen LogP contribution in [0.5, 0.6) is 0 Å². The lowest BCUT2D eigenvalue weighted by Crippen LogP contribution is -2.26. The highest BCUT2D eigenvalue weighted by Crippen LogP contribution is 2.38. The molecule has 0 N–H and O–H groups in total. The monoisotopic (exact) mass is 270 g/mol. The Morgan fingerprint density at radius 2 is 2.00 bits per heavy atom. The van der Waals surface area contributed by atoms with Crippen molar-refractivity contribution >= 4 is 15.9 Å². The van der Waals surface area contributed by atoms with Crippen molar-refractivity contribution in [1.29, 1.82) is 0 Å². The molecule has 3 heteroatoms. The van der Waals surface area contributed by atoms with E-state index >= 15 is 0 Å². The molecule has 0 saturated carbocycles. The summed E-state index contributed by atoms with van der Waals surface area (Å²) in [6.07, 6.45) is 0.828. The zero-order valence-corrected chi connectivity index (χ0v) is 10.6. The van der Waals surface area contributed by atoms with Crippen LogP contribution in [0.25, 0.3) is 0 Å². The van der Waals surface area contributed by atoms with Crippen LogP contribution < -0.4 is 0 Å². The van der Waals surface area contributed by atoms with Crippen LogP contribution in [-0.2, 0) is 15.3 Å². The molecular formula is C12H15BrO2. The first-order valence-electron chi connectivity index (χ1n) is 5.22. The maximum Gasteiger partial charge on any atom is 0.195 e. The summed E-state index contributed by atoms with van der Waals surface area (Å²) >= 11 is 3.57. The summed E-state index contributed by atoms with van der Waals surface area (Å²) in [5, 5.41) is 0. The molecule has 0 aromatic heterocycles. The van der Waals surface area contributed by atoms with Crippen LogP contribution in [0.3, 0.4) is 0 Å². The van der Waals surface area contributed by atoms with E-state index in [9.17, 15) is 0 Å². The first-order chi connectivity index (χ1) is 7.18. The molecular weight excluding hydrogens is 256 g/mol. The van der Waals surface area contributed by atoms with Crippen LogP contribution in [-0.4, -0.2) is 13.2 Å². The fraction of sp³-hybridized carbons (Fsp3) is 0.500. The summed E-state index contributed by atoms with van der Waals surface area (Å²) in [5.74, 6) is -0.535. The van der Waals surface area contributed by atoms with Gasteiger partial charge in [0.1, 0.15) is 0 Å². The van der Waals surface area contributed by atoms with E-state index in [0.29, 0.717) is 13.2 Å². The average molecular weight is 271 g/mol. The van der Waals surface area contributed by atoms with Gasteiger partial charge in [-0.05, 0) is 18.6 Å². The van der Waals surface area contributed by atoms with Crippen LogP contribution in [0.4, 0.5) is 0 Å². The van der Waals surface area contributed by atoms with Crippen LogP contribution >= 0.6 is 15.9 Å². The lowest BCUT2D eigenvalue weighted by molar-refractivity contribution is -0.168. The van der Waals surface area contributed by atoms with Crippen molar-refractivity contribution < 1.29 is 9.47 Å². The summed E-state index contributed by atoms with van der Waals surface area (Å²) in [6.45, 7) is 5.50. The summed E-state index contributed by atoms with van der Waals surface area (Å²) in [4.78, 5) is 0. The van der Waals surface area contributed by atoms with Gasteiger partial charge in [0.25, 0.3) is 0 Å². The number of rotatable bonds is 2. The zero-order chi connectivity index (χ0) is 10.9.